The summed E-state index contributed by atoms with van der Waals surface area (Å²) in [5.74, 6) is 0.0911. The highest BCUT2D eigenvalue weighted by Crippen LogP contribution is 2.20. The molecule has 11 heavy (non-hydrogen) atoms. The van der Waals surface area contributed by atoms with Gasteiger partial charge in [0.2, 0.25) is 0 Å². The van der Waals surface area contributed by atoms with Gasteiger partial charge in [-0.3, -0.25) is 4.79 Å². The second-order valence-electron chi connectivity index (χ2n) is 2.44. The van der Waals surface area contributed by atoms with Gasteiger partial charge in [-0.15, -0.1) is 11.3 Å². The van der Waals surface area contributed by atoms with Crippen molar-refractivity contribution < 1.29 is 4.79 Å². The van der Waals surface area contributed by atoms with Crippen LogP contribution in [-0.4, -0.2) is 10.8 Å². The summed E-state index contributed by atoms with van der Waals surface area (Å²) in [4.78, 5) is 15.0. The Kier molecular flexibility index (Phi) is 1.32. The number of aromatic amines is 1. The quantitative estimate of drug-likeness (QED) is 0.647. The molecule has 2 aromatic rings. The molecule has 0 saturated heterocycles. The van der Waals surface area contributed by atoms with Gasteiger partial charge < -0.3 is 4.98 Å². The van der Waals surface area contributed by atoms with Crippen molar-refractivity contribution in [1.29, 1.82) is 0 Å². The molecular formula is C8H7NOS. The van der Waals surface area contributed by atoms with Crippen LogP contribution in [0.15, 0.2) is 17.5 Å². The smallest absolute Gasteiger partial charge is 0.175 e. The average Bonchev–Trinajstić information content (AvgIpc) is 2.40. The zero-order valence-electron chi connectivity index (χ0n) is 6.05. The lowest BCUT2D eigenvalue weighted by atomic mass is 10.3. The van der Waals surface area contributed by atoms with E-state index in [1.54, 1.807) is 18.3 Å². The van der Waals surface area contributed by atoms with Gasteiger partial charge in [0.05, 0.1) is 5.69 Å². The number of H-pyrrole nitrogens is 1. The van der Waals surface area contributed by atoms with E-state index in [1.807, 2.05) is 17.5 Å². The van der Waals surface area contributed by atoms with Gasteiger partial charge >= 0.3 is 0 Å². The number of Topliss-reactive ketones (excluding diaryl/α,β-unsaturated/α-hetero) is 1. The zero-order valence-corrected chi connectivity index (χ0v) is 6.87. The van der Waals surface area contributed by atoms with E-state index in [0.717, 1.165) is 10.2 Å². The third kappa shape index (κ3) is 0.973. The van der Waals surface area contributed by atoms with Crippen LogP contribution in [0.3, 0.4) is 0 Å². The van der Waals surface area contributed by atoms with Crippen LogP contribution in [0.5, 0.6) is 0 Å². The van der Waals surface area contributed by atoms with Crippen LogP contribution in [0, 0.1) is 0 Å². The summed E-state index contributed by atoms with van der Waals surface area (Å²) in [6.45, 7) is 1.56. The summed E-state index contributed by atoms with van der Waals surface area (Å²) in [7, 11) is 0. The Balaban J connectivity index is 2.67. The van der Waals surface area contributed by atoms with Crippen LogP contribution in [0.25, 0.3) is 10.2 Å². The maximum atomic E-state index is 10.9. The number of ketones is 1. The Morgan fingerprint density at radius 3 is 3.09 bits per heavy atom. The molecule has 2 aromatic heterocycles. The van der Waals surface area contributed by atoms with Crippen LogP contribution in [0.1, 0.15) is 17.4 Å². The predicted octanol–water partition coefficient (Wildman–Crippen LogP) is 2.43. The molecule has 3 heteroatoms. The van der Waals surface area contributed by atoms with E-state index in [0.29, 0.717) is 5.69 Å². The van der Waals surface area contributed by atoms with E-state index < -0.39 is 0 Å². The molecule has 0 amide bonds. The van der Waals surface area contributed by atoms with Crippen LogP contribution < -0.4 is 0 Å². The summed E-state index contributed by atoms with van der Waals surface area (Å²) in [6.07, 6.45) is 0. The number of hydrogen-bond donors (Lipinski definition) is 1. The molecule has 0 atom stereocenters. The Morgan fingerprint density at radius 1 is 1.64 bits per heavy atom. The van der Waals surface area contributed by atoms with Gasteiger partial charge in [0, 0.05) is 12.3 Å². The average molecular weight is 165 g/mol. The number of thiophene rings is 1. The van der Waals surface area contributed by atoms with Crippen LogP contribution in [0.2, 0.25) is 0 Å². The number of aromatic nitrogens is 1. The topological polar surface area (TPSA) is 32.9 Å². The predicted molar refractivity (Wildman–Crippen MR) is 46.2 cm³/mol. The Bertz CT molecular complexity index is 370. The SMILES string of the molecule is CC(=O)c1cc2ccsc2[nH]1. The summed E-state index contributed by atoms with van der Waals surface area (Å²) in [6, 6.07) is 3.89. The van der Waals surface area contributed by atoms with Crippen LogP contribution in [0.4, 0.5) is 0 Å². The third-order valence-corrected chi connectivity index (χ3v) is 2.47. The first-order chi connectivity index (χ1) is 5.27. The standard InChI is InChI=1S/C8H7NOS/c1-5(10)7-4-6-2-3-11-8(6)9-7/h2-4,9H,1H3. The van der Waals surface area contributed by atoms with Crippen molar-refractivity contribution >= 4 is 27.3 Å². The minimum atomic E-state index is 0.0911. The van der Waals surface area contributed by atoms with E-state index in [1.165, 1.54) is 0 Å². The Labute approximate surface area is 67.9 Å². The fourth-order valence-corrected chi connectivity index (χ4v) is 1.82. The van der Waals surface area contributed by atoms with Gasteiger partial charge in [-0.05, 0) is 17.5 Å². The maximum absolute atomic E-state index is 10.9. The summed E-state index contributed by atoms with van der Waals surface area (Å²) < 4.78 is 0. The van der Waals surface area contributed by atoms with Gasteiger partial charge in [-0.2, -0.15) is 0 Å². The van der Waals surface area contributed by atoms with Crippen molar-refractivity contribution in [3.05, 3.63) is 23.2 Å². The molecule has 0 aliphatic rings. The monoisotopic (exact) mass is 165 g/mol. The van der Waals surface area contributed by atoms with Crippen molar-refractivity contribution in [3.63, 3.8) is 0 Å². The summed E-state index contributed by atoms with van der Waals surface area (Å²) >= 11 is 1.62. The van der Waals surface area contributed by atoms with Gasteiger partial charge in [-0.25, -0.2) is 0 Å². The molecule has 56 valence electrons. The molecule has 0 saturated carbocycles. The number of nitrogens with one attached hydrogen (secondary N) is 1. The second kappa shape index (κ2) is 2.20. The lowest BCUT2D eigenvalue weighted by Crippen LogP contribution is -1.89. The van der Waals surface area contributed by atoms with E-state index in [4.69, 9.17) is 0 Å². The summed E-state index contributed by atoms with van der Waals surface area (Å²) in [5, 5.41) is 3.13. The molecule has 0 radical (unpaired) electrons. The van der Waals surface area contributed by atoms with E-state index in [2.05, 4.69) is 4.98 Å². The molecule has 0 unspecified atom stereocenters. The normalized spacial score (nSPS) is 10.6. The number of rotatable bonds is 1. The van der Waals surface area contributed by atoms with Crippen molar-refractivity contribution in [3.8, 4) is 0 Å². The number of carbonyl (C=O) groups is 1. The van der Waals surface area contributed by atoms with Crippen molar-refractivity contribution in [2.24, 2.45) is 0 Å². The molecule has 0 bridgehead atoms. The van der Waals surface area contributed by atoms with E-state index in [9.17, 15) is 4.79 Å². The molecule has 2 rings (SSSR count). The largest absolute Gasteiger partial charge is 0.344 e. The van der Waals surface area contributed by atoms with Crippen molar-refractivity contribution in [2.75, 3.05) is 0 Å². The first kappa shape index (κ1) is 6.61. The molecule has 0 spiro atoms. The molecule has 0 fully saturated rings. The maximum Gasteiger partial charge on any atom is 0.175 e. The highest BCUT2D eigenvalue weighted by molar-refractivity contribution is 7.16. The first-order valence-corrected chi connectivity index (χ1v) is 4.22. The lowest BCUT2D eigenvalue weighted by molar-refractivity contribution is 0.101. The van der Waals surface area contributed by atoms with Crippen molar-refractivity contribution in [2.45, 2.75) is 6.92 Å². The van der Waals surface area contributed by atoms with E-state index in [-0.39, 0.29) is 5.78 Å². The molecule has 2 heterocycles. The molecule has 2 nitrogen and oxygen atoms in total. The Hall–Kier alpha value is -1.09. The number of hydrogen-bond acceptors (Lipinski definition) is 2. The van der Waals surface area contributed by atoms with Gasteiger partial charge in [0.15, 0.2) is 5.78 Å². The fraction of sp³-hybridized carbons (Fsp3) is 0.125. The van der Waals surface area contributed by atoms with E-state index >= 15 is 0 Å². The minimum absolute atomic E-state index is 0.0911. The minimum Gasteiger partial charge on any atom is -0.344 e. The molecule has 1 N–H and O–H groups in total. The molecule has 0 aromatic carbocycles. The van der Waals surface area contributed by atoms with Gasteiger partial charge in [-0.1, -0.05) is 0 Å². The molecular weight excluding hydrogens is 158 g/mol. The zero-order chi connectivity index (χ0) is 7.84. The molecule has 0 aliphatic carbocycles. The third-order valence-electron chi connectivity index (χ3n) is 1.62. The van der Waals surface area contributed by atoms with Gasteiger partial charge in [0.25, 0.3) is 0 Å². The number of carbonyl (C=O) groups excluding carboxylic acids is 1. The second-order valence-corrected chi connectivity index (χ2v) is 3.36. The highest BCUT2D eigenvalue weighted by atomic mass is 32.1. The van der Waals surface area contributed by atoms with Crippen LogP contribution in [-0.2, 0) is 0 Å². The van der Waals surface area contributed by atoms with Crippen LogP contribution >= 0.6 is 11.3 Å². The highest BCUT2D eigenvalue weighted by Gasteiger charge is 2.03. The lowest BCUT2D eigenvalue weighted by Gasteiger charge is -1.83. The van der Waals surface area contributed by atoms with Gasteiger partial charge in [0.1, 0.15) is 4.83 Å². The fourth-order valence-electron chi connectivity index (χ4n) is 1.04. The summed E-state index contributed by atoms with van der Waals surface area (Å²) in [5.41, 5.74) is 0.701. The van der Waals surface area contributed by atoms with Crippen molar-refractivity contribution in [1.82, 2.24) is 4.98 Å². The number of fused-ring (bicyclic) bond motifs is 1. The first-order valence-electron chi connectivity index (χ1n) is 3.34. The molecule has 0 aliphatic heterocycles. The Morgan fingerprint density at radius 2 is 2.45 bits per heavy atom.